The molecule has 2 atom stereocenters. The van der Waals surface area contributed by atoms with Crippen LogP contribution in [0.3, 0.4) is 0 Å². The Hall–Kier alpha value is -4.41. The number of alkyl halides is 4. The first-order valence-electron chi connectivity index (χ1n) is 12.2. The van der Waals surface area contributed by atoms with Gasteiger partial charge in [0.1, 0.15) is 11.9 Å². The van der Waals surface area contributed by atoms with E-state index in [-0.39, 0.29) is 11.9 Å². The van der Waals surface area contributed by atoms with Crippen molar-refractivity contribution in [3.8, 4) is 17.4 Å². The highest BCUT2D eigenvalue weighted by molar-refractivity contribution is 5.47. The fourth-order valence-corrected chi connectivity index (χ4v) is 4.23. The zero-order valence-electron chi connectivity index (χ0n) is 21.2. The first-order chi connectivity index (χ1) is 19.2. The number of halogens is 5. The Morgan fingerprint density at radius 3 is 2.00 bits per heavy atom. The average molecular weight is 561 g/mol. The van der Waals surface area contributed by atoms with Crippen molar-refractivity contribution in [2.75, 3.05) is 0 Å². The topological polar surface area (TPSA) is 67.5 Å². The van der Waals surface area contributed by atoms with E-state index in [1.807, 2.05) is 6.92 Å². The lowest BCUT2D eigenvalue weighted by Crippen LogP contribution is -2.24. The third-order valence-electron chi connectivity index (χ3n) is 6.03. The highest BCUT2D eigenvalue weighted by atomic mass is 19.3. The lowest BCUT2D eigenvalue weighted by atomic mass is 9.87. The van der Waals surface area contributed by atoms with Crippen molar-refractivity contribution in [1.29, 1.82) is 0 Å². The molecule has 0 radical (unpaired) electrons. The number of benzene rings is 2. The van der Waals surface area contributed by atoms with E-state index in [0.29, 0.717) is 34.6 Å². The predicted molar refractivity (Wildman–Crippen MR) is 135 cm³/mol. The van der Waals surface area contributed by atoms with Crippen molar-refractivity contribution in [1.82, 2.24) is 4.98 Å². The zero-order chi connectivity index (χ0) is 28.6. The third kappa shape index (κ3) is 8.05. The molecule has 2 unspecified atom stereocenters. The molecule has 0 spiro atoms. The summed E-state index contributed by atoms with van der Waals surface area (Å²) >= 11 is 0. The Balaban J connectivity index is 1.60. The molecule has 0 aliphatic carbocycles. The van der Waals surface area contributed by atoms with Crippen LogP contribution in [0.2, 0.25) is 0 Å². The van der Waals surface area contributed by atoms with Crippen LogP contribution in [0.1, 0.15) is 35.1 Å². The van der Waals surface area contributed by atoms with Crippen LogP contribution in [-0.2, 0) is 12.8 Å². The van der Waals surface area contributed by atoms with Gasteiger partial charge >= 0.3 is 13.2 Å². The normalized spacial score (nSPS) is 12.8. The number of nitrogens with zero attached hydrogens (tertiary/aromatic N) is 2. The van der Waals surface area contributed by atoms with Crippen LogP contribution in [-0.4, -0.2) is 24.3 Å². The van der Waals surface area contributed by atoms with Gasteiger partial charge in [0.15, 0.2) is 23.9 Å². The van der Waals surface area contributed by atoms with E-state index in [0.717, 1.165) is 17.2 Å². The van der Waals surface area contributed by atoms with Crippen molar-refractivity contribution >= 4 is 0 Å². The van der Waals surface area contributed by atoms with Crippen molar-refractivity contribution < 1.29 is 40.9 Å². The molecule has 0 saturated carbocycles. The summed E-state index contributed by atoms with van der Waals surface area (Å²) in [5, 5.41) is 11.5. The molecule has 4 aromatic rings. The monoisotopic (exact) mass is 560 g/mol. The van der Waals surface area contributed by atoms with Gasteiger partial charge in [-0.2, -0.15) is 22.3 Å². The Kier molecular flexibility index (Phi) is 9.36. The van der Waals surface area contributed by atoms with Crippen molar-refractivity contribution in [3.63, 3.8) is 0 Å². The molecule has 210 valence electrons. The quantitative estimate of drug-likeness (QED) is 0.113. The smallest absolute Gasteiger partial charge is 0.387 e. The third-order valence-corrected chi connectivity index (χ3v) is 6.03. The van der Waals surface area contributed by atoms with Crippen LogP contribution in [0.5, 0.6) is 17.4 Å². The van der Waals surface area contributed by atoms with E-state index in [1.54, 1.807) is 42.6 Å². The molecule has 0 N–H and O–H groups in total. The fourth-order valence-electron chi connectivity index (χ4n) is 4.23. The molecule has 0 amide bonds. The highest BCUT2D eigenvalue weighted by Gasteiger charge is 2.22. The predicted octanol–water partition coefficient (Wildman–Crippen LogP) is 6.44. The fraction of sp³-hybridized carbons (Fsp3) is 0.241. The lowest BCUT2D eigenvalue weighted by molar-refractivity contribution is -0.605. The van der Waals surface area contributed by atoms with Gasteiger partial charge in [-0.25, -0.2) is 9.37 Å². The van der Waals surface area contributed by atoms with Crippen LogP contribution >= 0.6 is 0 Å². The van der Waals surface area contributed by atoms with Gasteiger partial charge < -0.3 is 19.4 Å². The minimum atomic E-state index is -3.26. The van der Waals surface area contributed by atoms with Gasteiger partial charge in [0.2, 0.25) is 5.88 Å². The van der Waals surface area contributed by atoms with Gasteiger partial charge in [-0.1, -0.05) is 24.3 Å². The van der Waals surface area contributed by atoms with Gasteiger partial charge in [-0.3, -0.25) is 0 Å². The van der Waals surface area contributed by atoms with Crippen LogP contribution < -0.4 is 18.9 Å². The van der Waals surface area contributed by atoms with E-state index < -0.39 is 30.6 Å². The molecule has 0 saturated heterocycles. The maximum atomic E-state index is 13.2. The molecule has 2 aromatic heterocycles. The van der Waals surface area contributed by atoms with E-state index in [2.05, 4.69) is 14.5 Å². The largest absolute Gasteiger partial charge is 0.619 e. The summed E-state index contributed by atoms with van der Waals surface area (Å²) in [4.78, 5) is 4.39. The summed E-state index contributed by atoms with van der Waals surface area (Å²) in [5.41, 5.74) is 2.79. The Labute approximate surface area is 227 Å². The molecular formula is C29H25F5N2O4. The first-order valence-corrected chi connectivity index (χ1v) is 12.2. The van der Waals surface area contributed by atoms with E-state index in [1.165, 1.54) is 36.7 Å². The maximum absolute atomic E-state index is 13.2. The molecular weight excluding hydrogens is 535 g/mol. The second-order valence-electron chi connectivity index (χ2n) is 8.97. The number of ether oxygens (including phenoxy) is 3. The van der Waals surface area contributed by atoms with Gasteiger partial charge in [0, 0.05) is 36.7 Å². The molecule has 0 aliphatic heterocycles. The van der Waals surface area contributed by atoms with Crippen LogP contribution in [0.15, 0.2) is 85.3 Å². The summed E-state index contributed by atoms with van der Waals surface area (Å²) in [6.07, 6.45) is 4.81. The van der Waals surface area contributed by atoms with Gasteiger partial charge in [0.25, 0.3) is 0 Å². The molecule has 11 heteroatoms. The van der Waals surface area contributed by atoms with E-state index >= 15 is 0 Å². The van der Waals surface area contributed by atoms with E-state index in [4.69, 9.17) is 4.74 Å². The average Bonchev–Trinajstić information content (AvgIpc) is 2.91. The van der Waals surface area contributed by atoms with Gasteiger partial charge in [-0.15, -0.1) is 0 Å². The molecule has 40 heavy (non-hydrogen) atoms. The molecule has 0 bridgehead atoms. The molecule has 0 fully saturated rings. The van der Waals surface area contributed by atoms with Gasteiger partial charge in [-0.05, 0) is 59.9 Å². The second kappa shape index (κ2) is 13.1. The maximum Gasteiger partial charge on any atom is 0.387 e. The molecule has 2 aromatic carbocycles. The number of rotatable bonds is 12. The number of hydrogen-bond acceptors (Lipinski definition) is 5. The number of aromatic nitrogens is 2. The standard InChI is InChI=1S/C29H25F5N2O4/c1-18(14-19-2-6-23(30)7-3-19)38-27-9-5-22(17-35-27)24(15-20-10-12-36(37)13-11-20)21-4-8-25(39-28(31)32)26(16-21)40-29(33)34/h2-13,16-18,24,28-29H,14-15H2,1H3. The zero-order valence-corrected chi connectivity index (χ0v) is 21.2. The van der Waals surface area contributed by atoms with Crippen molar-refractivity contribution in [3.05, 3.63) is 119 Å². The highest BCUT2D eigenvalue weighted by Crippen LogP contribution is 2.37. The van der Waals surface area contributed by atoms with Crippen LogP contribution in [0, 0.1) is 11.0 Å². The number of pyridine rings is 2. The minimum absolute atomic E-state index is 0.265. The summed E-state index contributed by atoms with van der Waals surface area (Å²) in [6.45, 7) is -4.63. The van der Waals surface area contributed by atoms with Crippen LogP contribution in [0.4, 0.5) is 22.0 Å². The Morgan fingerprint density at radius 2 is 1.38 bits per heavy atom. The summed E-state index contributed by atoms with van der Waals surface area (Å²) < 4.78 is 80.2. The second-order valence-corrected chi connectivity index (χ2v) is 8.97. The summed E-state index contributed by atoms with van der Waals surface area (Å²) in [6, 6.07) is 16.6. The minimum Gasteiger partial charge on any atom is -0.619 e. The van der Waals surface area contributed by atoms with E-state index in [9.17, 15) is 27.2 Å². The molecule has 2 heterocycles. The molecule has 0 aliphatic rings. The van der Waals surface area contributed by atoms with Gasteiger partial charge in [0.05, 0.1) is 0 Å². The first kappa shape index (κ1) is 28.6. The molecule has 4 rings (SSSR count). The Bertz CT molecular complexity index is 1370. The van der Waals surface area contributed by atoms with Crippen LogP contribution in [0.25, 0.3) is 0 Å². The number of hydrogen-bond donors (Lipinski definition) is 0. The van der Waals surface area contributed by atoms with Crippen molar-refractivity contribution in [2.45, 2.75) is 45.0 Å². The Morgan fingerprint density at radius 1 is 0.750 bits per heavy atom. The SMILES string of the molecule is CC(Cc1ccc(F)cc1)Oc1ccc(C(Cc2cc[n+]([O-])cc2)c2ccc(OC(F)F)c(OC(F)F)c2)cn1. The van der Waals surface area contributed by atoms with Crippen molar-refractivity contribution in [2.24, 2.45) is 0 Å². The summed E-state index contributed by atoms with van der Waals surface area (Å²) in [7, 11) is 0. The summed E-state index contributed by atoms with van der Waals surface area (Å²) in [5.74, 6) is -1.53. The molecule has 6 nitrogen and oxygen atoms in total. The lowest BCUT2D eigenvalue weighted by Gasteiger charge is -2.21.